The monoisotopic (exact) mass is 593 g/mol. The van der Waals surface area contributed by atoms with Crippen LogP contribution in [0, 0.1) is 6.92 Å². The number of aryl methyl sites for hydroxylation is 1. The van der Waals surface area contributed by atoms with Crippen LogP contribution in [-0.2, 0) is 5.41 Å². The average Bonchev–Trinajstić information content (AvgIpc) is 3.61. The van der Waals surface area contributed by atoms with Crippen molar-refractivity contribution in [2.45, 2.75) is 26.2 Å². The smallest absolute Gasteiger partial charge is 0.124 e. The van der Waals surface area contributed by atoms with Crippen LogP contribution in [0.3, 0.4) is 0 Å². The van der Waals surface area contributed by atoms with Crippen molar-refractivity contribution >= 4 is 43.1 Å². The van der Waals surface area contributed by atoms with Gasteiger partial charge in [-0.15, -0.1) is 11.3 Å². The van der Waals surface area contributed by atoms with Gasteiger partial charge in [-0.2, -0.15) is 0 Å². The summed E-state index contributed by atoms with van der Waals surface area (Å²) in [6, 6.07) is 49.3. The summed E-state index contributed by atoms with van der Waals surface area (Å²) in [5.41, 5.74) is 14.1. The Kier molecular flexibility index (Phi) is 5.70. The van der Waals surface area contributed by atoms with Crippen LogP contribution in [-0.4, -0.2) is 4.98 Å². The van der Waals surface area contributed by atoms with E-state index in [-0.39, 0.29) is 5.41 Å². The molecule has 8 aromatic rings. The normalized spacial score (nSPS) is 13.4. The number of hydrogen-bond donors (Lipinski definition) is 0. The number of aromatic nitrogens is 1. The zero-order valence-corrected chi connectivity index (χ0v) is 26.4. The lowest BCUT2D eigenvalue weighted by atomic mass is 9.80. The Labute approximate surface area is 267 Å². The average molecular weight is 594 g/mol. The van der Waals surface area contributed by atoms with Crippen molar-refractivity contribution in [1.82, 2.24) is 4.98 Å². The summed E-state index contributed by atoms with van der Waals surface area (Å²) >= 11 is 1.75. The second-order valence-corrected chi connectivity index (χ2v) is 13.8. The molecule has 0 saturated carbocycles. The molecule has 1 aliphatic rings. The number of nitrogens with zero attached hydrogens (tertiary/aromatic N) is 1. The van der Waals surface area contributed by atoms with Gasteiger partial charge in [-0.05, 0) is 85.1 Å². The summed E-state index contributed by atoms with van der Waals surface area (Å²) in [7, 11) is 0. The highest BCUT2D eigenvalue weighted by Crippen LogP contribution is 2.54. The molecule has 214 valence electrons. The van der Waals surface area contributed by atoms with E-state index in [4.69, 9.17) is 4.98 Å². The van der Waals surface area contributed by atoms with E-state index in [0.29, 0.717) is 0 Å². The zero-order chi connectivity index (χ0) is 30.3. The molecule has 0 bridgehead atoms. The van der Waals surface area contributed by atoms with Gasteiger partial charge < -0.3 is 0 Å². The molecule has 1 nitrogen and oxygen atoms in total. The standard InChI is InChI=1S/C43H31NS/c1-26-19-24-31-34(25-26)40(33-14-10-16-36-41(33)32-13-6-7-15-35(32)43(36,2)3)30-12-5-4-11-29(30)39(31)27-20-22-28(23-21-27)42-44-37-17-8-9-18-38(37)45-42/h4-25H,1-3H3. The summed E-state index contributed by atoms with van der Waals surface area (Å²) < 4.78 is 1.22. The lowest BCUT2D eigenvalue weighted by Crippen LogP contribution is -2.14. The molecule has 1 aliphatic carbocycles. The molecule has 0 aliphatic heterocycles. The van der Waals surface area contributed by atoms with Gasteiger partial charge in [0.1, 0.15) is 5.01 Å². The molecule has 45 heavy (non-hydrogen) atoms. The predicted octanol–water partition coefficient (Wildman–Crippen LogP) is 12.2. The summed E-state index contributed by atoms with van der Waals surface area (Å²) in [5, 5.41) is 6.21. The summed E-state index contributed by atoms with van der Waals surface area (Å²) in [4.78, 5) is 4.91. The van der Waals surface area contributed by atoms with Crippen LogP contribution in [0.25, 0.3) is 75.7 Å². The second-order valence-electron chi connectivity index (χ2n) is 12.8. The Morgan fingerprint density at radius 2 is 1.16 bits per heavy atom. The maximum atomic E-state index is 4.91. The molecule has 0 spiro atoms. The molecular weight excluding hydrogens is 563 g/mol. The van der Waals surface area contributed by atoms with Crippen LogP contribution in [0.5, 0.6) is 0 Å². The van der Waals surface area contributed by atoms with Crippen molar-refractivity contribution in [2.24, 2.45) is 0 Å². The molecular formula is C43H31NS. The minimum Gasteiger partial charge on any atom is -0.236 e. The molecule has 9 rings (SSSR count). The Morgan fingerprint density at radius 1 is 0.511 bits per heavy atom. The predicted molar refractivity (Wildman–Crippen MR) is 193 cm³/mol. The molecule has 0 N–H and O–H groups in total. The molecule has 7 aromatic carbocycles. The third-order valence-electron chi connectivity index (χ3n) is 9.77. The fourth-order valence-electron chi connectivity index (χ4n) is 7.63. The molecule has 2 heteroatoms. The van der Waals surface area contributed by atoms with Crippen molar-refractivity contribution < 1.29 is 0 Å². The van der Waals surface area contributed by atoms with Gasteiger partial charge in [0.15, 0.2) is 0 Å². The van der Waals surface area contributed by atoms with Crippen LogP contribution in [0.15, 0.2) is 133 Å². The maximum Gasteiger partial charge on any atom is 0.124 e. The summed E-state index contributed by atoms with van der Waals surface area (Å²) in [6.45, 7) is 6.94. The van der Waals surface area contributed by atoms with Crippen LogP contribution in [0.4, 0.5) is 0 Å². The Bertz CT molecular complexity index is 2430. The number of benzene rings is 7. The van der Waals surface area contributed by atoms with Crippen LogP contribution < -0.4 is 0 Å². The van der Waals surface area contributed by atoms with E-state index in [9.17, 15) is 0 Å². The minimum absolute atomic E-state index is 0.0472. The van der Waals surface area contributed by atoms with Crippen molar-refractivity contribution in [3.05, 3.63) is 150 Å². The number of fused-ring (bicyclic) bond motifs is 6. The highest BCUT2D eigenvalue weighted by atomic mass is 32.1. The highest BCUT2D eigenvalue weighted by molar-refractivity contribution is 7.21. The van der Waals surface area contributed by atoms with Gasteiger partial charge in [-0.1, -0.05) is 141 Å². The number of rotatable bonds is 3. The van der Waals surface area contributed by atoms with Crippen LogP contribution in [0.1, 0.15) is 30.5 Å². The number of thiazole rings is 1. The SMILES string of the molecule is Cc1ccc2c(-c3ccc(-c4nc5ccccc5s4)cc3)c3ccccc3c(-c3cccc4c3-c3ccccc3C4(C)C)c2c1. The molecule has 1 aromatic heterocycles. The summed E-state index contributed by atoms with van der Waals surface area (Å²) in [5.74, 6) is 0. The Balaban J connectivity index is 1.31. The largest absolute Gasteiger partial charge is 0.236 e. The first-order chi connectivity index (χ1) is 22.0. The van der Waals surface area contributed by atoms with E-state index in [1.807, 2.05) is 0 Å². The number of hydrogen-bond acceptors (Lipinski definition) is 2. The quantitative estimate of drug-likeness (QED) is 0.186. The van der Waals surface area contributed by atoms with E-state index in [1.54, 1.807) is 11.3 Å². The van der Waals surface area contributed by atoms with E-state index < -0.39 is 0 Å². The maximum absolute atomic E-state index is 4.91. The van der Waals surface area contributed by atoms with Gasteiger partial charge in [-0.25, -0.2) is 4.98 Å². The first-order valence-electron chi connectivity index (χ1n) is 15.6. The first-order valence-corrected chi connectivity index (χ1v) is 16.5. The third kappa shape index (κ3) is 3.89. The fraction of sp³-hybridized carbons (Fsp3) is 0.0930. The van der Waals surface area contributed by atoms with Crippen LogP contribution in [0.2, 0.25) is 0 Å². The lowest BCUT2D eigenvalue weighted by molar-refractivity contribution is 0.660. The van der Waals surface area contributed by atoms with Gasteiger partial charge in [0, 0.05) is 11.0 Å². The molecule has 0 amide bonds. The summed E-state index contributed by atoms with van der Waals surface area (Å²) in [6.07, 6.45) is 0. The van der Waals surface area contributed by atoms with E-state index in [0.717, 1.165) is 16.1 Å². The van der Waals surface area contributed by atoms with Crippen molar-refractivity contribution in [3.8, 4) is 44.0 Å². The van der Waals surface area contributed by atoms with Gasteiger partial charge in [-0.3, -0.25) is 0 Å². The molecule has 0 atom stereocenters. The lowest BCUT2D eigenvalue weighted by Gasteiger charge is -2.23. The molecule has 0 unspecified atom stereocenters. The fourth-order valence-corrected chi connectivity index (χ4v) is 8.60. The number of para-hydroxylation sites is 1. The van der Waals surface area contributed by atoms with Crippen molar-refractivity contribution in [1.29, 1.82) is 0 Å². The van der Waals surface area contributed by atoms with Crippen molar-refractivity contribution in [2.75, 3.05) is 0 Å². The van der Waals surface area contributed by atoms with E-state index in [1.165, 1.54) is 76.3 Å². The first kappa shape index (κ1) is 26.4. The van der Waals surface area contributed by atoms with Gasteiger partial charge in [0.05, 0.1) is 10.2 Å². The van der Waals surface area contributed by atoms with Gasteiger partial charge in [0.25, 0.3) is 0 Å². The third-order valence-corrected chi connectivity index (χ3v) is 10.9. The highest BCUT2D eigenvalue weighted by Gasteiger charge is 2.37. The zero-order valence-electron chi connectivity index (χ0n) is 25.6. The molecule has 0 saturated heterocycles. The second kappa shape index (κ2) is 9.72. The van der Waals surface area contributed by atoms with Gasteiger partial charge >= 0.3 is 0 Å². The Hall–Kier alpha value is -5.05. The molecule has 0 fully saturated rings. The molecule has 0 radical (unpaired) electrons. The van der Waals surface area contributed by atoms with Crippen LogP contribution >= 0.6 is 11.3 Å². The van der Waals surface area contributed by atoms with Gasteiger partial charge in [0.2, 0.25) is 0 Å². The van der Waals surface area contributed by atoms with Crippen molar-refractivity contribution in [3.63, 3.8) is 0 Å². The van der Waals surface area contributed by atoms with E-state index in [2.05, 4.69) is 154 Å². The topological polar surface area (TPSA) is 12.9 Å². The minimum atomic E-state index is -0.0472. The van der Waals surface area contributed by atoms with E-state index >= 15 is 0 Å². The molecule has 1 heterocycles. The Morgan fingerprint density at radius 3 is 1.98 bits per heavy atom.